The number of hydroxylamine groups is 2. The van der Waals surface area contributed by atoms with Crippen molar-refractivity contribution in [2.45, 2.75) is 39.7 Å². The Morgan fingerprint density at radius 2 is 1.85 bits per heavy atom. The van der Waals surface area contributed by atoms with Gasteiger partial charge in [-0.1, -0.05) is 6.92 Å². The number of likely N-dealkylation sites (tertiary alicyclic amines) is 1. The minimum absolute atomic E-state index is 0.104. The van der Waals surface area contributed by atoms with Crippen molar-refractivity contribution < 1.29 is 19.2 Å². The Labute approximate surface area is 121 Å². The molecular formula is C14H26N2O4. The largest absolute Gasteiger partial charge is 0.444 e. The highest BCUT2D eigenvalue weighted by atomic mass is 16.7. The molecule has 1 saturated heterocycles. The van der Waals surface area contributed by atoms with Crippen LogP contribution in [0, 0.1) is 11.8 Å². The van der Waals surface area contributed by atoms with E-state index in [1.165, 1.54) is 12.2 Å². The van der Waals surface area contributed by atoms with Crippen molar-refractivity contribution in [2.24, 2.45) is 11.8 Å². The Balaban J connectivity index is 2.71. The summed E-state index contributed by atoms with van der Waals surface area (Å²) in [5, 5.41) is 1.22. The van der Waals surface area contributed by atoms with E-state index in [0.717, 1.165) is 6.42 Å². The zero-order valence-corrected chi connectivity index (χ0v) is 13.3. The fourth-order valence-electron chi connectivity index (χ4n) is 2.35. The van der Waals surface area contributed by atoms with E-state index in [-0.39, 0.29) is 23.8 Å². The molecule has 6 heteroatoms. The van der Waals surface area contributed by atoms with Crippen LogP contribution in [0.15, 0.2) is 0 Å². The van der Waals surface area contributed by atoms with Crippen LogP contribution in [-0.4, -0.2) is 54.8 Å². The summed E-state index contributed by atoms with van der Waals surface area (Å²) in [6.45, 7) is 8.53. The van der Waals surface area contributed by atoms with Crippen LogP contribution >= 0.6 is 0 Å². The first-order chi connectivity index (χ1) is 9.14. The number of ether oxygens (including phenoxy) is 1. The molecule has 0 saturated carbocycles. The smallest absolute Gasteiger partial charge is 0.410 e. The monoisotopic (exact) mass is 286 g/mol. The molecule has 0 aromatic heterocycles. The van der Waals surface area contributed by atoms with Crippen LogP contribution in [0.3, 0.4) is 0 Å². The average molecular weight is 286 g/mol. The molecular weight excluding hydrogens is 260 g/mol. The van der Waals surface area contributed by atoms with Gasteiger partial charge in [-0.2, -0.15) is 0 Å². The fraction of sp³-hybridized carbons (Fsp3) is 0.857. The Morgan fingerprint density at radius 1 is 1.25 bits per heavy atom. The topological polar surface area (TPSA) is 59.1 Å². The first-order valence-electron chi connectivity index (χ1n) is 6.93. The second kappa shape index (κ2) is 6.43. The molecule has 6 nitrogen and oxygen atoms in total. The highest BCUT2D eigenvalue weighted by Gasteiger charge is 2.35. The maximum atomic E-state index is 12.2. The number of hydrogen-bond acceptors (Lipinski definition) is 4. The average Bonchev–Trinajstić information content (AvgIpc) is 2.34. The van der Waals surface area contributed by atoms with Gasteiger partial charge in [-0.3, -0.25) is 9.63 Å². The van der Waals surface area contributed by atoms with Crippen molar-refractivity contribution >= 4 is 12.0 Å². The molecule has 0 N–H and O–H groups in total. The molecule has 1 aliphatic heterocycles. The van der Waals surface area contributed by atoms with E-state index in [2.05, 4.69) is 0 Å². The van der Waals surface area contributed by atoms with Crippen molar-refractivity contribution in [3.05, 3.63) is 0 Å². The van der Waals surface area contributed by atoms with Gasteiger partial charge < -0.3 is 9.64 Å². The van der Waals surface area contributed by atoms with Crippen LogP contribution in [0.1, 0.15) is 34.1 Å². The number of amides is 2. The summed E-state index contributed by atoms with van der Waals surface area (Å²) in [7, 11) is 3.04. The number of carbonyl (C=O) groups is 2. The van der Waals surface area contributed by atoms with Crippen molar-refractivity contribution in [1.82, 2.24) is 9.96 Å². The predicted octanol–water partition coefficient (Wildman–Crippen LogP) is 1.90. The minimum Gasteiger partial charge on any atom is -0.444 e. The molecule has 1 heterocycles. The summed E-state index contributed by atoms with van der Waals surface area (Å²) in [6.07, 6.45) is 0.396. The minimum atomic E-state index is -0.527. The molecule has 1 fully saturated rings. The van der Waals surface area contributed by atoms with Crippen molar-refractivity contribution in [3.63, 3.8) is 0 Å². The lowest BCUT2D eigenvalue weighted by Crippen LogP contribution is -2.49. The Morgan fingerprint density at radius 3 is 2.35 bits per heavy atom. The zero-order chi connectivity index (χ0) is 15.5. The van der Waals surface area contributed by atoms with Crippen molar-refractivity contribution in [1.29, 1.82) is 0 Å². The Kier molecular flexibility index (Phi) is 5.39. The molecule has 0 bridgehead atoms. The first-order valence-corrected chi connectivity index (χ1v) is 6.93. The molecule has 116 valence electrons. The van der Waals surface area contributed by atoms with Gasteiger partial charge in [0.25, 0.3) is 5.91 Å². The van der Waals surface area contributed by atoms with Crippen molar-refractivity contribution in [3.8, 4) is 0 Å². The molecule has 0 aromatic carbocycles. The molecule has 20 heavy (non-hydrogen) atoms. The van der Waals surface area contributed by atoms with Crippen LogP contribution < -0.4 is 0 Å². The number of hydrogen-bond donors (Lipinski definition) is 0. The number of carbonyl (C=O) groups excluding carboxylic acids is 2. The summed E-state index contributed by atoms with van der Waals surface area (Å²) in [5.74, 6) is -0.0840. The van der Waals surface area contributed by atoms with Crippen LogP contribution in [0.5, 0.6) is 0 Å². The summed E-state index contributed by atoms with van der Waals surface area (Å²) >= 11 is 0. The third-order valence-electron chi connectivity index (χ3n) is 3.24. The van der Waals surface area contributed by atoms with Gasteiger partial charge in [0.05, 0.1) is 13.0 Å². The lowest BCUT2D eigenvalue weighted by atomic mass is 9.90. The molecule has 2 unspecified atom stereocenters. The van der Waals surface area contributed by atoms with Crippen LogP contribution in [0.25, 0.3) is 0 Å². The highest BCUT2D eigenvalue weighted by Crippen LogP contribution is 2.24. The van der Waals surface area contributed by atoms with Gasteiger partial charge in [-0.05, 0) is 33.1 Å². The van der Waals surface area contributed by atoms with E-state index >= 15 is 0 Å². The third-order valence-corrected chi connectivity index (χ3v) is 3.24. The normalized spacial score (nSPS) is 23.4. The first kappa shape index (κ1) is 16.8. The lowest BCUT2D eigenvalue weighted by Gasteiger charge is -2.37. The molecule has 1 rings (SSSR count). The zero-order valence-electron chi connectivity index (χ0n) is 13.3. The van der Waals surface area contributed by atoms with Gasteiger partial charge in [-0.25, -0.2) is 9.86 Å². The van der Waals surface area contributed by atoms with Crippen molar-refractivity contribution in [2.75, 3.05) is 27.2 Å². The second-order valence-corrected chi connectivity index (χ2v) is 6.44. The third kappa shape index (κ3) is 4.67. The Bertz CT molecular complexity index is 365. The number of piperidine rings is 1. The maximum Gasteiger partial charge on any atom is 0.410 e. The molecule has 0 aliphatic carbocycles. The number of rotatable bonds is 2. The predicted molar refractivity (Wildman–Crippen MR) is 74.9 cm³/mol. The quantitative estimate of drug-likeness (QED) is 0.727. The summed E-state index contributed by atoms with van der Waals surface area (Å²) in [4.78, 5) is 30.8. The van der Waals surface area contributed by atoms with Crippen LogP contribution in [-0.2, 0) is 14.4 Å². The highest BCUT2D eigenvalue weighted by molar-refractivity contribution is 5.79. The van der Waals surface area contributed by atoms with E-state index in [4.69, 9.17) is 9.57 Å². The second-order valence-electron chi connectivity index (χ2n) is 6.44. The van der Waals surface area contributed by atoms with Crippen LogP contribution in [0.4, 0.5) is 4.79 Å². The fourth-order valence-corrected chi connectivity index (χ4v) is 2.35. The van der Waals surface area contributed by atoms with E-state index in [1.54, 1.807) is 11.9 Å². The summed E-state index contributed by atoms with van der Waals surface area (Å²) < 4.78 is 5.37. The molecule has 0 aromatic rings. The van der Waals surface area contributed by atoms with Gasteiger partial charge in [0, 0.05) is 20.1 Å². The maximum absolute atomic E-state index is 12.2. The summed E-state index contributed by atoms with van der Waals surface area (Å²) in [6, 6.07) is 0. The van der Waals surface area contributed by atoms with E-state index < -0.39 is 5.60 Å². The molecule has 2 amide bonds. The molecule has 2 atom stereocenters. The SMILES string of the molecule is CON(C)C(=O)C1CC(C)CN(C(=O)OC(C)(C)C)C1. The molecule has 1 aliphatic rings. The molecule has 0 spiro atoms. The lowest BCUT2D eigenvalue weighted by molar-refractivity contribution is -0.175. The number of nitrogens with zero attached hydrogens (tertiary/aromatic N) is 2. The van der Waals surface area contributed by atoms with Gasteiger partial charge in [-0.15, -0.1) is 0 Å². The van der Waals surface area contributed by atoms with Gasteiger partial charge in [0.2, 0.25) is 0 Å². The van der Waals surface area contributed by atoms with Gasteiger partial charge in [0.1, 0.15) is 5.60 Å². The summed E-state index contributed by atoms with van der Waals surface area (Å²) in [5.41, 5.74) is -0.527. The van der Waals surface area contributed by atoms with E-state index in [0.29, 0.717) is 13.1 Å². The molecule has 0 radical (unpaired) electrons. The standard InChI is InChI=1S/C14H26N2O4/c1-10-7-11(12(17)15(5)19-6)9-16(8-10)13(18)20-14(2,3)4/h10-11H,7-9H2,1-6H3. The van der Waals surface area contributed by atoms with E-state index in [9.17, 15) is 9.59 Å². The van der Waals surface area contributed by atoms with E-state index in [1.807, 2.05) is 27.7 Å². The van der Waals surface area contributed by atoms with Gasteiger partial charge in [0.15, 0.2) is 0 Å². The van der Waals surface area contributed by atoms with Crippen LogP contribution in [0.2, 0.25) is 0 Å². The van der Waals surface area contributed by atoms with Gasteiger partial charge >= 0.3 is 6.09 Å². The Hall–Kier alpha value is -1.30.